The SMILES string of the molecule is NC(=O)c1cc(F)c(N[C@@H]2CCCC[C@@H]2N)nc1Nc1ccc2c(c1)c(F)nn2CCF. The lowest BCUT2D eigenvalue weighted by Crippen LogP contribution is -2.43. The number of primary amides is 1. The molecule has 1 fully saturated rings. The van der Waals surface area contributed by atoms with Crippen LogP contribution in [0.4, 0.5) is 30.5 Å². The summed E-state index contributed by atoms with van der Waals surface area (Å²) in [4.78, 5) is 16.1. The third-order valence-electron chi connectivity index (χ3n) is 5.65. The molecule has 3 aromatic rings. The van der Waals surface area contributed by atoms with Gasteiger partial charge < -0.3 is 22.1 Å². The van der Waals surface area contributed by atoms with E-state index in [4.69, 9.17) is 11.5 Å². The molecule has 1 saturated carbocycles. The number of alkyl halides is 1. The number of rotatable bonds is 7. The number of halogens is 3. The van der Waals surface area contributed by atoms with Crippen LogP contribution in [0.5, 0.6) is 0 Å². The highest BCUT2D eigenvalue weighted by atomic mass is 19.1. The van der Waals surface area contributed by atoms with E-state index in [2.05, 4.69) is 20.7 Å². The zero-order valence-corrected chi connectivity index (χ0v) is 17.2. The van der Waals surface area contributed by atoms with Gasteiger partial charge in [-0.25, -0.2) is 13.8 Å². The molecule has 11 heteroatoms. The van der Waals surface area contributed by atoms with Gasteiger partial charge in [0.25, 0.3) is 5.91 Å². The largest absolute Gasteiger partial charge is 0.365 e. The van der Waals surface area contributed by atoms with Gasteiger partial charge in [-0.3, -0.25) is 9.48 Å². The maximum Gasteiger partial charge on any atom is 0.252 e. The average Bonchev–Trinajstić information content (AvgIpc) is 3.07. The first-order chi connectivity index (χ1) is 15.4. The number of carbonyl (C=O) groups is 1. The molecule has 6 N–H and O–H groups in total. The number of benzene rings is 1. The van der Waals surface area contributed by atoms with Crippen molar-refractivity contribution in [1.82, 2.24) is 14.8 Å². The number of nitrogens with one attached hydrogen (secondary N) is 2. The van der Waals surface area contributed by atoms with Gasteiger partial charge in [-0.1, -0.05) is 12.8 Å². The summed E-state index contributed by atoms with van der Waals surface area (Å²) >= 11 is 0. The minimum absolute atomic E-state index is 0.0155. The van der Waals surface area contributed by atoms with E-state index >= 15 is 0 Å². The fraction of sp³-hybridized carbons (Fsp3) is 0.381. The fourth-order valence-electron chi connectivity index (χ4n) is 3.99. The smallest absolute Gasteiger partial charge is 0.252 e. The molecule has 4 rings (SSSR count). The van der Waals surface area contributed by atoms with Crippen molar-refractivity contribution >= 4 is 34.1 Å². The number of fused-ring (bicyclic) bond motifs is 1. The molecule has 1 amide bonds. The lowest BCUT2D eigenvalue weighted by molar-refractivity contribution is 0.100. The van der Waals surface area contributed by atoms with E-state index in [0.29, 0.717) is 11.2 Å². The fourth-order valence-corrected chi connectivity index (χ4v) is 3.99. The molecule has 0 radical (unpaired) electrons. The summed E-state index contributed by atoms with van der Waals surface area (Å²) < 4.78 is 42.8. The molecule has 0 aliphatic heterocycles. The number of hydrogen-bond acceptors (Lipinski definition) is 6. The van der Waals surface area contributed by atoms with Crippen LogP contribution in [-0.4, -0.2) is 39.4 Å². The maximum absolute atomic E-state index is 14.7. The molecule has 0 bridgehead atoms. The van der Waals surface area contributed by atoms with Crippen LogP contribution < -0.4 is 22.1 Å². The van der Waals surface area contributed by atoms with Gasteiger partial charge in [-0.05, 0) is 37.1 Å². The number of aryl methyl sites for hydroxylation is 1. The highest BCUT2D eigenvalue weighted by Crippen LogP contribution is 2.28. The van der Waals surface area contributed by atoms with Gasteiger partial charge in [0.05, 0.1) is 23.0 Å². The summed E-state index contributed by atoms with van der Waals surface area (Å²) in [5.41, 5.74) is 12.2. The standard InChI is InChI=1S/C21H24F3N7O/c22-7-8-31-17-6-5-11(9-12(17)18(24)30-31)27-20-13(19(26)32)10-14(23)21(29-20)28-16-4-2-1-3-15(16)25/h5-6,9-10,15-16H,1-4,7-8,25H2,(H2,26,32)(H2,27,28,29)/t15-,16+/m0/s1. The summed E-state index contributed by atoms with van der Waals surface area (Å²) in [7, 11) is 0. The minimum Gasteiger partial charge on any atom is -0.365 e. The Kier molecular flexibility index (Phi) is 6.17. The van der Waals surface area contributed by atoms with Crippen LogP contribution >= 0.6 is 0 Å². The second-order valence-electron chi connectivity index (χ2n) is 7.84. The summed E-state index contributed by atoms with van der Waals surface area (Å²) in [6, 6.07) is 5.34. The minimum atomic E-state index is -0.872. The molecule has 170 valence electrons. The van der Waals surface area contributed by atoms with Crippen LogP contribution in [-0.2, 0) is 6.54 Å². The van der Waals surface area contributed by atoms with Crippen LogP contribution in [0.1, 0.15) is 36.0 Å². The normalized spacial score (nSPS) is 18.6. The Bertz CT molecular complexity index is 1150. The Morgan fingerprint density at radius 2 is 1.97 bits per heavy atom. The number of hydrogen-bond donors (Lipinski definition) is 4. The Morgan fingerprint density at radius 1 is 1.19 bits per heavy atom. The molecule has 32 heavy (non-hydrogen) atoms. The molecule has 0 saturated heterocycles. The van der Waals surface area contributed by atoms with Crippen molar-refractivity contribution in [2.75, 3.05) is 17.3 Å². The summed E-state index contributed by atoms with van der Waals surface area (Å²) in [6.45, 7) is -0.755. The molecule has 0 spiro atoms. The average molecular weight is 447 g/mol. The molecule has 2 heterocycles. The molecular formula is C21H24F3N7O. The zero-order chi connectivity index (χ0) is 22.8. The van der Waals surface area contributed by atoms with Crippen LogP contribution in [0.25, 0.3) is 10.9 Å². The van der Waals surface area contributed by atoms with Crippen molar-refractivity contribution in [3.05, 3.63) is 41.6 Å². The molecule has 1 aliphatic carbocycles. The second-order valence-corrected chi connectivity index (χ2v) is 7.84. The Balaban J connectivity index is 1.67. The van der Waals surface area contributed by atoms with Crippen LogP contribution in [0.15, 0.2) is 24.3 Å². The first-order valence-electron chi connectivity index (χ1n) is 10.4. The number of pyridine rings is 1. The van der Waals surface area contributed by atoms with Gasteiger partial charge in [0.2, 0.25) is 5.95 Å². The molecule has 1 aliphatic rings. The van der Waals surface area contributed by atoms with Gasteiger partial charge in [-0.15, -0.1) is 5.10 Å². The van der Waals surface area contributed by atoms with E-state index in [1.165, 1.54) is 10.7 Å². The zero-order valence-electron chi connectivity index (χ0n) is 17.2. The van der Waals surface area contributed by atoms with Gasteiger partial charge in [0, 0.05) is 17.8 Å². The van der Waals surface area contributed by atoms with E-state index in [9.17, 15) is 18.0 Å². The molecule has 0 unspecified atom stereocenters. The highest BCUT2D eigenvalue weighted by Gasteiger charge is 2.24. The van der Waals surface area contributed by atoms with Crippen LogP contribution in [0.3, 0.4) is 0 Å². The number of amides is 1. The van der Waals surface area contributed by atoms with Gasteiger partial charge in [-0.2, -0.15) is 4.39 Å². The molecular weight excluding hydrogens is 423 g/mol. The number of anilines is 3. The quantitative estimate of drug-likeness (QED) is 0.441. The Morgan fingerprint density at radius 3 is 2.69 bits per heavy atom. The maximum atomic E-state index is 14.7. The van der Waals surface area contributed by atoms with E-state index < -0.39 is 24.3 Å². The lowest BCUT2D eigenvalue weighted by atomic mass is 9.91. The Hall–Kier alpha value is -3.34. The number of nitrogens with zero attached hydrogens (tertiary/aromatic N) is 3. The lowest BCUT2D eigenvalue weighted by Gasteiger charge is -2.30. The third-order valence-corrected chi connectivity index (χ3v) is 5.65. The van der Waals surface area contributed by atoms with Crippen molar-refractivity contribution < 1.29 is 18.0 Å². The monoisotopic (exact) mass is 447 g/mol. The third kappa shape index (κ3) is 4.33. The number of carbonyl (C=O) groups excluding carboxylic acids is 1. The summed E-state index contributed by atoms with van der Waals surface area (Å²) in [6.07, 6.45) is 3.59. The van der Waals surface area contributed by atoms with Crippen LogP contribution in [0.2, 0.25) is 0 Å². The molecule has 2 atom stereocenters. The van der Waals surface area contributed by atoms with Crippen molar-refractivity contribution in [3.63, 3.8) is 0 Å². The van der Waals surface area contributed by atoms with E-state index in [1.807, 2.05) is 0 Å². The van der Waals surface area contributed by atoms with Crippen LogP contribution in [0, 0.1) is 11.8 Å². The second kappa shape index (κ2) is 9.03. The van der Waals surface area contributed by atoms with E-state index in [1.54, 1.807) is 12.1 Å². The topological polar surface area (TPSA) is 124 Å². The summed E-state index contributed by atoms with van der Waals surface area (Å²) in [5, 5.41) is 9.80. The van der Waals surface area contributed by atoms with E-state index in [0.717, 1.165) is 31.7 Å². The van der Waals surface area contributed by atoms with Gasteiger partial charge in [0.1, 0.15) is 12.5 Å². The predicted molar refractivity (Wildman–Crippen MR) is 116 cm³/mol. The van der Waals surface area contributed by atoms with Gasteiger partial charge >= 0.3 is 0 Å². The van der Waals surface area contributed by atoms with Gasteiger partial charge in [0.15, 0.2) is 11.6 Å². The summed E-state index contributed by atoms with van der Waals surface area (Å²) in [5.74, 6) is -2.39. The molecule has 1 aromatic carbocycles. The molecule has 8 nitrogen and oxygen atoms in total. The Labute approximate surface area is 182 Å². The predicted octanol–water partition coefficient (Wildman–Crippen LogP) is 3.20. The highest BCUT2D eigenvalue weighted by molar-refractivity contribution is 5.99. The number of aromatic nitrogens is 3. The van der Waals surface area contributed by atoms with Crippen molar-refractivity contribution in [2.24, 2.45) is 11.5 Å². The van der Waals surface area contributed by atoms with Crippen molar-refractivity contribution in [1.29, 1.82) is 0 Å². The number of nitrogens with two attached hydrogens (primary N) is 2. The first-order valence-corrected chi connectivity index (χ1v) is 10.4. The van der Waals surface area contributed by atoms with Crippen molar-refractivity contribution in [2.45, 2.75) is 44.3 Å². The van der Waals surface area contributed by atoms with E-state index in [-0.39, 0.29) is 41.2 Å². The first kappa shape index (κ1) is 21.9. The van der Waals surface area contributed by atoms with Crippen molar-refractivity contribution in [3.8, 4) is 0 Å². The molecule has 2 aromatic heterocycles.